The first kappa shape index (κ1) is 18.5. The second-order valence-corrected chi connectivity index (χ2v) is 8.06. The van der Waals surface area contributed by atoms with Crippen LogP contribution in [-0.2, 0) is 14.6 Å². The number of carbonyl (C=O) groups excluding carboxylic acids is 1. The number of hydrogen-bond donors (Lipinski definition) is 1. The molecule has 1 amide bonds. The molecule has 138 valence electrons. The molecule has 0 radical (unpaired) electrons. The van der Waals surface area contributed by atoms with Crippen molar-refractivity contribution in [1.29, 1.82) is 0 Å². The zero-order chi connectivity index (χ0) is 19.6. The molecule has 0 bridgehead atoms. The maximum Gasteiger partial charge on any atom is 0.271 e. The van der Waals surface area contributed by atoms with Gasteiger partial charge >= 0.3 is 0 Å². The molecule has 0 atom stereocenters. The van der Waals surface area contributed by atoms with Gasteiger partial charge in [-0.2, -0.15) is 0 Å². The Hall–Kier alpha value is -3.26. The molecule has 0 saturated heterocycles. The molecular formula is C19H16N2O5S. The molecule has 1 N–H and O–H groups in total. The van der Waals surface area contributed by atoms with Crippen molar-refractivity contribution in [3.05, 3.63) is 76.3 Å². The van der Waals surface area contributed by atoms with Crippen LogP contribution < -0.4 is 5.32 Å². The topological polar surface area (TPSA) is 106 Å². The van der Waals surface area contributed by atoms with Crippen molar-refractivity contribution < 1.29 is 18.1 Å². The first-order chi connectivity index (χ1) is 12.8. The highest BCUT2D eigenvalue weighted by Gasteiger charge is 2.21. The molecular weight excluding hydrogens is 368 g/mol. The molecule has 0 saturated carbocycles. The number of hydrogen-bond acceptors (Lipinski definition) is 5. The van der Waals surface area contributed by atoms with E-state index in [1.54, 1.807) is 25.1 Å². The quantitative estimate of drug-likeness (QED) is 0.535. The lowest BCUT2D eigenvalue weighted by Gasteiger charge is -2.09. The lowest BCUT2D eigenvalue weighted by Crippen LogP contribution is -2.23. The minimum Gasteiger partial charge on any atom is -0.325 e. The number of nitro benzene ring substituents is 1. The number of carbonyl (C=O) groups is 1. The summed E-state index contributed by atoms with van der Waals surface area (Å²) in [4.78, 5) is 22.6. The number of sulfone groups is 1. The van der Waals surface area contributed by atoms with Crippen molar-refractivity contribution in [2.75, 3.05) is 11.1 Å². The lowest BCUT2D eigenvalue weighted by atomic mass is 10.1. The first-order valence-corrected chi connectivity index (χ1v) is 9.68. The van der Waals surface area contributed by atoms with Gasteiger partial charge in [0.05, 0.1) is 15.5 Å². The largest absolute Gasteiger partial charge is 0.325 e. The van der Waals surface area contributed by atoms with Crippen LogP contribution in [0.1, 0.15) is 5.56 Å². The summed E-state index contributed by atoms with van der Waals surface area (Å²) in [6, 6.07) is 16.0. The van der Waals surface area contributed by atoms with E-state index in [9.17, 15) is 23.3 Å². The third-order valence-electron chi connectivity index (χ3n) is 4.11. The fraction of sp³-hybridized carbons (Fsp3) is 0.105. The zero-order valence-corrected chi connectivity index (χ0v) is 15.2. The molecule has 0 aliphatic heterocycles. The monoisotopic (exact) mass is 384 g/mol. The minimum atomic E-state index is -3.86. The molecule has 0 aliphatic rings. The van der Waals surface area contributed by atoms with Crippen LogP contribution in [0.15, 0.2) is 65.6 Å². The van der Waals surface area contributed by atoms with Crippen molar-refractivity contribution in [1.82, 2.24) is 0 Å². The molecule has 0 fully saturated rings. The molecule has 3 aromatic carbocycles. The summed E-state index contributed by atoms with van der Waals surface area (Å²) in [5.41, 5.74) is 0.619. The number of non-ortho nitro benzene ring substituents is 1. The smallest absolute Gasteiger partial charge is 0.271 e. The summed E-state index contributed by atoms with van der Waals surface area (Å²) in [6.45, 7) is 1.66. The molecule has 7 nitrogen and oxygen atoms in total. The Bertz CT molecular complexity index is 1160. The summed E-state index contributed by atoms with van der Waals surface area (Å²) in [6.07, 6.45) is 0. The van der Waals surface area contributed by atoms with Gasteiger partial charge in [-0.05, 0) is 35.4 Å². The SMILES string of the molecule is Cc1ccc([N+](=O)[O-])cc1NC(=O)CS(=O)(=O)c1ccc2ccccc2c1. The van der Waals surface area contributed by atoms with Crippen molar-refractivity contribution in [3.8, 4) is 0 Å². The van der Waals surface area contributed by atoms with Gasteiger partial charge in [-0.15, -0.1) is 0 Å². The van der Waals surface area contributed by atoms with Crippen LogP contribution in [0.25, 0.3) is 10.8 Å². The molecule has 3 rings (SSSR count). The highest BCUT2D eigenvalue weighted by atomic mass is 32.2. The third kappa shape index (κ3) is 4.12. The van der Waals surface area contributed by atoms with Gasteiger partial charge < -0.3 is 5.32 Å². The highest BCUT2D eigenvalue weighted by molar-refractivity contribution is 7.92. The fourth-order valence-corrected chi connectivity index (χ4v) is 3.83. The van der Waals surface area contributed by atoms with Crippen LogP contribution in [0.2, 0.25) is 0 Å². The molecule has 0 heterocycles. The number of nitrogens with zero attached hydrogens (tertiary/aromatic N) is 1. The van der Waals surface area contributed by atoms with E-state index < -0.39 is 26.4 Å². The average Bonchev–Trinajstić information content (AvgIpc) is 2.62. The van der Waals surface area contributed by atoms with Gasteiger partial charge in [0, 0.05) is 12.1 Å². The van der Waals surface area contributed by atoms with E-state index in [1.807, 2.05) is 12.1 Å². The fourth-order valence-electron chi connectivity index (χ4n) is 2.66. The van der Waals surface area contributed by atoms with Gasteiger partial charge in [0.25, 0.3) is 5.69 Å². The van der Waals surface area contributed by atoms with E-state index in [4.69, 9.17) is 0 Å². The Labute approximate surface area is 155 Å². The normalized spacial score (nSPS) is 11.3. The van der Waals surface area contributed by atoms with E-state index in [1.165, 1.54) is 30.3 Å². The van der Waals surface area contributed by atoms with Gasteiger partial charge in [0.1, 0.15) is 5.75 Å². The molecule has 3 aromatic rings. The van der Waals surface area contributed by atoms with E-state index >= 15 is 0 Å². The van der Waals surface area contributed by atoms with Gasteiger partial charge in [0.2, 0.25) is 5.91 Å². The number of anilines is 1. The predicted octanol–water partition coefficient (Wildman–Crippen LogP) is 3.47. The summed E-state index contributed by atoms with van der Waals surface area (Å²) in [7, 11) is -3.86. The number of rotatable bonds is 5. The molecule has 0 spiro atoms. The molecule has 8 heteroatoms. The molecule has 0 aliphatic carbocycles. The Morgan fingerprint density at radius 2 is 1.74 bits per heavy atom. The van der Waals surface area contributed by atoms with Gasteiger partial charge in [-0.25, -0.2) is 8.42 Å². The maximum atomic E-state index is 12.6. The Balaban J connectivity index is 1.82. The Kier molecular flexibility index (Phi) is 4.91. The molecule has 0 aromatic heterocycles. The number of nitro groups is 1. The van der Waals surface area contributed by atoms with Gasteiger partial charge in [-0.3, -0.25) is 14.9 Å². The Morgan fingerprint density at radius 1 is 1.04 bits per heavy atom. The summed E-state index contributed by atoms with van der Waals surface area (Å²) < 4.78 is 25.1. The Morgan fingerprint density at radius 3 is 2.44 bits per heavy atom. The van der Waals surface area contributed by atoms with Gasteiger partial charge in [0.15, 0.2) is 9.84 Å². The zero-order valence-electron chi connectivity index (χ0n) is 14.4. The number of fused-ring (bicyclic) bond motifs is 1. The number of aryl methyl sites for hydroxylation is 1. The van der Waals surface area contributed by atoms with Crippen LogP contribution in [0, 0.1) is 17.0 Å². The van der Waals surface area contributed by atoms with Crippen LogP contribution >= 0.6 is 0 Å². The van der Waals surface area contributed by atoms with E-state index in [0.29, 0.717) is 5.56 Å². The van der Waals surface area contributed by atoms with Crippen LogP contribution in [0.3, 0.4) is 0 Å². The van der Waals surface area contributed by atoms with Crippen LogP contribution in [-0.4, -0.2) is 25.0 Å². The summed E-state index contributed by atoms with van der Waals surface area (Å²) in [5.74, 6) is -1.51. The third-order valence-corrected chi connectivity index (χ3v) is 5.72. The highest BCUT2D eigenvalue weighted by Crippen LogP contribution is 2.23. The molecule has 0 unspecified atom stereocenters. The summed E-state index contributed by atoms with van der Waals surface area (Å²) in [5, 5.41) is 15.0. The van der Waals surface area contributed by atoms with E-state index in [-0.39, 0.29) is 16.3 Å². The number of nitrogens with one attached hydrogen (secondary N) is 1. The van der Waals surface area contributed by atoms with Gasteiger partial charge in [-0.1, -0.05) is 36.4 Å². The second-order valence-electron chi connectivity index (χ2n) is 6.07. The van der Waals surface area contributed by atoms with Crippen LogP contribution in [0.4, 0.5) is 11.4 Å². The number of benzene rings is 3. The first-order valence-electron chi connectivity index (χ1n) is 8.03. The van der Waals surface area contributed by atoms with E-state index in [2.05, 4.69) is 5.32 Å². The van der Waals surface area contributed by atoms with Crippen molar-refractivity contribution in [2.45, 2.75) is 11.8 Å². The van der Waals surface area contributed by atoms with E-state index in [0.717, 1.165) is 10.8 Å². The van der Waals surface area contributed by atoms with Crippen molar-refractivity contribution in [3.63, 3.8) is 0 Å². The minimum absolute atomic E-state index is 0.0483. The molecule has 27 heavy (non-hydrogen) atoms. The second kappa shape index (κ2) is 7.16. The van der Waals surface area contributed by atoms with Crippen molar-refractivity contribution in [2.24, 2.45) is 0 Å². The predicted molar refractivity (Wildman–Crippen MR) is 102 cm³/mol. The van der Waals surface area contributed by atoms with Crippen LogP contribution in [0.5, 0.6) is 0 Å². The number of amides is 1. The standard InChI is InChI=1S/C19H16N2O5S/c1-13-6-8-16(21(23)24)11-18(13)20-19(22)12-27(25,26)17-9-7-14-4-2-3-5-15(14)10-17/h2-11H,12H2,1H3,(H,20,22). The lowest BCUT2D eigenvalue weighted by molar-refractivity contribution is -0.384. The summed E-state index contributed by atoms with van der Waals surface area (Å²) >= 11 is 0. The average molecular weight is 384 g/mol. The maximum absolute atomic E-state index is 12.6. The van der Waals surface area contributed by atoms with Crippen molar-refractivity contribution >= 4 is 37.9 Å².